The van der Waals surface area contributed by atoms with Gasteiger partial charge >= 0.3 is 5.69 Å². The first-order valence-corrected chi connectivity index (χ1v) is 12.3. The van der Waals surface area contributed by atoms with Crippen LogP contribution in [-0.2, 0) is 23.2 Å². The number of hydrogen-bond donors (Lipinski definition) is 3. The molecule has 16 heteroatoms. The van der Waals surface area contributed by atoms with Crippen molar-refractivity contribution in [3.63, 3.8) is 0 Å². The van der Waals surface area contributed by atoms with Crippen molar-refractivity contribution in [2.24, 2.45) is 18.9 Å². The number of aromatic nitrogens is 6. The van der Waals surface area contributed by atoms with Gasteiger partial charge in [0.05, 0.1) is 36.5 Å². The third kappa shape index (κ3) is 4.76. The molecule has 210 valence electrons. The number of anilines is 4. The zero-order valence-corrected chi connectivity index (χ0v) is 21.8. The Bertz CT molecular complexity index is 1610. The number of nitrogens with zero attached hydrogens (tertiary/aromatic N) is 7. The number of hydrogen-bond acceptors (Lipinski definition) is 11. The number of carbonyl (C=O) groups excluding carboxylic acids is 2. The number of nitrogens with two attached hydrogens (primary N) is 1. The Balaban J connectivity index is 1.27. The number of piperidine rings is 1. The Kier molecular flexibility index (Phi) is 6.55. The summed E-state index contributed by atoms with van der Waals surface area (Å²) in [7, 11) is 1.34. The average Bonchev–Trinajstić information content (AvgIpc) is 3.23. The monoisotopic (exact) mass is 556 g/mol. The molecule has 1 aliphatic carbocycles. The number of rotatable bonds is 8. The molecular formula is C24H26F2N10O4. The van der Waals surface area contributed by atoms with E-state index in [9.17, 15) is 28.0 Å². The normalized spacial score (nSPS) is 19.6. The smallest absolute Gasteiger partial charge is 0.332 e. The van der Waals surface area contributed by atoms with E-state index < -0.39 is 53.3 Å². The zero-order valence-electron chi connectivity index (χ0n) is 21.8. The van der Waals surface area contributed by atoms with Gasteiger partial charge in [-0.15, -0.1) is 0 Å². The summed E-state index contributed by atoms with van der Waals surface area (Å²) >= 11 is 0. The largest absolute Gasteiger partial charge is 0.383 e. The lowest BCUT2D eigenvalue weighted by molar-refractivity contribution is -0.118. The van der Waals surface area contributed by atoms with Crippen LogP contribution in [0.4, 0.5) is 32.1 Å². The number of nitrogens with one attached hydrogen (secondary N) is 2. The number of alkyl halides is 2. The number of Topliss-reactive ketones (excluding diaryl/α,β-unsaturated/α-hetero) is 1. The van der Waals surface area contributed by atoms with Crippen LogP contribution in [0.15, 0.2) is 34.4 Å². The quantitative estimate of drug-likeness (QED) is 0.342. The lowest BCUT2D eigenvalue weighted by Gasteiger charge is -2.19. The summed E-state index contributed by atoms with van der Waals surface area (Å²) < 4.78 is 28.7. The summed E-state index contributed by atoms with van der Waals surface area (Å²) in [4.78, 5) is 68.3. The Morgan fingerprint density at radius 2 is 1.80 bits per heavy atom. The Morgan fingerprint density at radius 3 is 2.42 bits per heavy atom. The molecule has 0 spiro atoms. The van der Waals surface area contributed by atoms with E-state index in [-0.39, 0.29) is 30.4 Å². The number of ketones is 1. The minimum atomic E-state index is -2.59. The molecule has 0 bridgehead atoms. The third-order valence-corrected chi connectivity index (χ3v) is 7.03. The first kappa shape index (κ1) is 26.8. The highest BCUT2D eigenvalue weighted by Gasteiger charge is 2.72. The first-order chi connectivity index (χ1) is 18.9. The van der Waals surface area contributed by atoms with Crippen molar-refractivity contribution in [3.8, 4) is 11.3 Å². The third-order valence-electron chi connectivity index (χ3n) is 7.03. The number of amides is 1. The van der Waals surface area contributed by atoms with Crippen LogP contribution in [0.5, 0.6) is 0 Å². The molecule has 2 unspecified atom stereocenters. The van der Waals surface area contributed by atoms with Crippen molar-refractivity contribution in [2.45, 2.75) is 32.4 Å². The van der Waals surface area contributed by atoms with Gasteiger partial charge in [-0.2, -0.15) is 0 Å². The average molecular weight is 557 g/mol. The first-order valence-electron chi connectivity index (χ1n) is 12.3. The van der Waals surface area contributed by atoms with Gasteiger partial charge in [0, 0.05) is 38.1 Å². The highest BCUT2D eigenvalue weighted by Crippen LogP contribution is 2.59. The fourth-order valence-electron chi connectivity index (χ4n) is 4.65. The van der Waals surface area contributed by atoms with Crippen molar-refractivity contribution in [3.05, 3.63) is 45.6 Å². The van der Waals surface area contributed by atoms with E-state index >= 15 is 0 Å². The van der Waals surface area contributed by atoms with E-state index in [0.29, 0.717) is 17.2 Å². The number of fused-ring (bicyclic) bond motifs is 1. The fourth-order valence-corrected chi connectivity index (χ4v) is 4.65. The van der Waals surface area contributed by atoms with E-state index in [2.05, 4.69) is 30.6 Å². The molecule has 5 rings (SSSR count). The summed E-state index contributed by atoms with van der Waals surface area (Å²) in [6.45, 7) is 2.68. The molecule has 40 heavy (non-hydrogen) atoms. The van der Waals surface area contributed by atoms with Gasteiger partial charge in [-0.05, 0) is 13.8 Å². The van der Waals surface area contributed by atoms with Gasteiger partial charge < -0.3 is 21.3 Å². The highest BCUT2D eigenvalue weighted by molar-refractivity contribution is 5.96. The van der Waals surface area contributed by atoms with Crippen LogP contribution >= 0.6 is 0 Å². The molecule has 1 saturated heterocycles. The van der Waals surface area contributed by atoms with Gasteiger partial charge in [0.15, 0.2) is 5.82 Å². The molecule has 0 radical (unpaired) electrons. The molecule has 1 saturated carbocycles. The predicted molar refractivity (Wildman–Crippen MR) is 140 cm³/mol. The van der Waals surface area contributed by atoms with Crippen molar-refractivity contribution in [2.75, 3.05) is 34.4 Å². The van der Waals surface area contributed by atoms with Crippen LogP contribution in [-0.4, -0.2) is 65.8 Å². The molecular weight excluding hydrogens is 530 g/mol. The molecule has 4 N–H and O–H groups in total. The van der Waals surface area contributed by atoms with Gasteiger partial charge in [0.25, 0.3) is 11.5 Å². The SMILES string of the molecule is CC(=O)Cn1c(=O)c(N[C@@H](C)C(=O)Nc2cncc(-c3cnc(N4CC5C(C4)C5(F)F)nc3)n2)c(N)n(C)c1=O. The topological polar surface area (TPSA) is 183 Å². The second-order valence-electron chi connectivity index (χ2n) is 9.90. The van der Waals surface area contributed by atoms with Crippen LogP contribution < -0.4 is 32.5 Å². The molecule has 2 aliphatic rings. The second kappa shape index (κ2) is 9.77. The van der Waals surface area contributed by atoms with E-state index in [0.717, 1.165) is 9.13 Å². The van der Waals surface area contributed by atoms with Crippen molar-refractivity contribution in [1.82, 2.24) is 29.1 Å². The second-order valence-corrected chi connectivity index (χ2v) is 9.90. The Labute approximate surface area is 225 Å². The summed E-state index contributed by atoms with van der Waals surface area (Å²) in [6.07, 6.45) is 5.77. The summed E-state index contributed by atoms with van der Waals surface area (Å²) in [5.74, 6) is -4.63. The van der Waals surface area contributed by atoms with Crippen LogP contribution in [0.25, 0.3) is 11.3 Å². The lowest BCUT2D eigenvalue weighted by atomic mass is 10.2. The Hall–Kier alpha value is -4.76. The van der Waals surface area contributed by atoms with Crippen molar-refractivity contribution < 1.29 is 18.4 Å². The lowest BCUT2D eigenvalue weighted by Crippen LogP contribution is -2.44. The molecule has 1 aliphatic heterocycles. The molecule has 0 aromatic carbocycles. The standard InChI is InChI=1S/C24H26F2N10O4/c1-11(37)8-36-21(39)18(19(27)34(3)23(36)40)31-12(2)20(38)33-17-7-28-6-16(32-17)13-4-29-22(30-5-13)35-9-14-15(10-35)24(14,25)26/h4-7,12,14-15,31H,8-10,27H2,1-3H3,(H,32,33,38)/t12-,14?,15?/m0/s1. The fraction of sp³-hybridized carbons (Fsp3) is 0.417. The van der Waals surface area contributed by atoms with Crippen molar-refractivity contribution in [1.29, 1.82) is 0 Å². The minimum Gasteiger partial charge on any atom is -0.383 e. The highest BCUT2D eigenvalue weighted by atomic mass is 19.3. The maximum atomic E-state index is 13.5. The zero-order chi connectivity index (χ0) is 28.9. The summed E-state index contributed by atoms with van der Waals surface area (Å²) in [5, 5.41) is 5.30. The van der Waals surface area contributed by atoms with E-state index in [1.54, 1.807) is 4.90 Å². The summed E-state index contributed by atoms with van der Waals surface area (Å²) in [6, 6.07) is -1.01. The van der Waals surface area contributed by atoms with Gasteiger partial charge in [-0.1, -0.05) is 0 Å². The van der Waals surface area contributed by atoms with Gasteiger partial charge in [-0.3, -0.25) is 28.5 Å². The predicted octanol–water partition coefficient (Wildman–Crippen LogP) is 0.106. The number of nitrogen functional groups attached to an aromatic ring is 1. The number of halogens is 2. The molecule has 14 nitrogen and oxygen atoms in total. The maximum absolute atomic E-state index is 13.5. The van der Waals surface area contributed by atoms with Crippen LogP contribution in [0.1, 0.15) is 13.8 Å². The molecule has 2 fully saturated rings. The van der Waals surface area contributed by atoms with Gasteiger partial charge in [0.2, 0.25) is 11.9 Å². The molecule has 3 aromatic heterocycles. The van der Waals surface area contributed by atoms with Crippen LogP contribution in [0, 0.1) is 11.8 Å². The van der Waals surface area contributed by atoms with Gasteiger partial charge in [0.1, 0.15) is 23.3 Å². The van der Waals surface area contributed by atoms with Crippen molar-refractivity contribution >= 4 is 35.0 Å². The van der Waals surface area contributed by atoms with Crippen LogP contribution in [0.3, 0.4) is 0 Å². The number of carbonyl (C=O) groups is 2. The molecule has 4 heterocycles. The maximum Gasteiger partial charge on any atom is 0.332 e. The molecule has 3 aromatic rings. The van der Waals surface area contributed by atoms with Gasteiger partial charge in [-0.25, -0.2) is 28.5 Å². The summed E-state index contributed by atoms with van der Waals surface area (Å²) in [5.41, 5.74) is 4.99. The molecule has 3 atom stereocenters. The van der Waals surface area contributed by atoms with E-state index in [4.69, 9.17) is 5.73 Å². The van der Waals surface area contributed by atoms with Crippen LogP contribution in [0.2, 0.25) is 0 Å². The van der Waals surface area contributed by atoms with E-state index in [1.165, 1.54) is 45.7 Å². The van der Waals surface area contributed by atoms with E-state index in [1.807, 2.05) is 0 Å². The molecule has 1 amide bonds. The Morgan fingerprint density at radius 1 is 1.15 bits per heavy atom. The minimum absolute atomic E-state index is 0.101.